The Morgan fingerprint density at radius 3 is 1.38 bits per heavy atom. The Hall–Kier alpha value is -0.333. The van der Waals surface area contributed by atoms with E-state index in [1.165, 1.54) is 0 Å². The molecule has 1 nitrogen and oxygen atoms in total. The third kappa shape index (κ3) is 2.49. The monoisotopic (exact) mass is 240 g/mol. The third-order valence-electron chi connectivity index (χ3n) is 4.56. The fourth-order valence-corrected chi connectivity index (χ4v) is 11.8. The zero-order valence-corrected chi connectivity index (χ0v) is 13.2. The van der Waals surface area contributed by atoms with Crippen LogP contribution < -0.4 is 0 Å². The molecule has 1 unspecified atom stereocenters. The van der Waals surface area contributed by atoms with Crippen LogP contribution in [0.2, 0.25) is 22.2 Å². The van der Waals surface area contributed by atoms with Gasteiger partial charge in [-0.15, -0.1) is 0 Å². The summed E-state index contributed by atoms with van der Waals surface area (Å²) >= 11 is 0. The molecule has 94 valence electrons. The average Bonchev–Trinajstić information content (AvgIpc) is 2.15. The molecule has 0 aromatic heterocycles. The highest BCUT2D eigenvalue weighted by Crippen LogP contribution is 2.51. The van der Waals surface area contributed by atoms with E-state index in [1.54, 1.807) is 0 Å². The lowest BCUT2D eigenvalue weighted by Gasteiger charge is -2.47. The van der Waals surface area contributed by atoms with Crippen LogP contribution in [0.1, 0.15) is 55.4 Å². The number of rotatable bonds is 5. The number of hydrogen-bond acceptors (Lipinski definition) is 1. The quantitative estimate of drug-likeness (QED) is 0.497. The molecule has 0 saturated carbocycles. The van der Waals surface area contributed by atoms with Gasteiger partial charge in [-0.2, -0.15) is 0 Å². The molecule has 0 aromatic carbocycles. The highest BCUT2D eigenvalue weighted by molar-refractivity contribution is 6.85. The van der Waals surface area contributed by atoms with Crippen LogP contribution >= 0.6 is 0 Å². The second-order valence-electron chi connectivity index (χ2n) is 5.97. The van der Waals surface area contributed by atoms with Gasteiger partial charge in [-0.05, 0) is 12.5 Å². The lowest BCUT2D eigenvalue weighted by molar-refractivity contribution is 0.566. The average molecular weight is 240 g/mol. The third-order valence-corrected chi connectivity index (χ3v) is 12.5. The van der Waals surface area contributed by atoms with E-state index >= 15 is 0 Å². The fraction of sp³-hybridized carbons (Fsp3) is 0.857. The summed E-state index contributed by atoms with van der Waals surface area (Å²) in [5.74, 6) is 2.14. The normalized spacial score (nSPS) is 14.4. The Morgan fingerprint density at radius 1 is 0.875 bits per heavy atom. The van der Waals surface area contributed by atoms with Crippen molar-refractivity contribution < 1.29 is 4.79 Å². The smallest absolute Gasteiger partial charge is 0.123 e. The molecule has 16 heavy (non-hydrogen) atoms. The SMILES string of the molecule is CC(=C=O)C(C)[Si](C(C)C)(C(C)C)C(C)C. The molecule has 0 heterocycles. The van der Waals surface area contributed by atoms with Crippen LogP contribution in [0.4, 0.5) is 0 Å². The van der Waals surface area contributed by atoms with Crippen molar-refractivity contribution in [1.82, 2.24) is 0 Å². The van der Waals surface area contributed by atoms with E-state index in [0.717, 1.165) is 5.57 Å². The topological polar surface area (TPSA) is 17.1 Å². The van der Waals surface area contributed by atoms with Gasteiger partial charge in [0.1, 0.15) is 5.94 Å². The van der Waals surface area contributed by atoms with Crippen molar-refractivity contribution in [2.45, 2.75) is 77.6 Å². The summed E-state index contributed by atoms with van der Waals surface area (Å²) in [6.45, 7) is 18.2. The first-order chi connectivity index (χ1) is 7.22. The largest absolute Gasteiger partial charge is 0.234 e. The molecule has 0 rings (SSSR count). The van der Waals surface area contributed by atoms with Crippen LogP contribution in [-0.2, 0) is 4.79 Å². The summed E-state index contributed by atoms with van der Waals surface area (Å²) in [4.78, 5) is 10.9. The first kappa shape index (κ1) is 15.7. The minimum Gasteiger partial charge on any atom is -0.234 e. The Morgan fingerprint density at radius 2 is 1.19 bits per heavy atom. The van der Waals surface area contributed by atoms with Gasteiger partial charge in [-0.25, -0.2) is 4.79 Å². The van der Waals surface area contributed by atoms with Gasteiger partial charge in [-0.1, -0.05) is 65.1 Å². The molecule has 0 radical (unpaired) electrons. The summed E-state index contributed by atoms with van der Waals surface area (Å²) in [7, 11) is -1.51. The van der Waals surface area contributed by atoms with Crippen molar-refractivity contribution in [2.75, 3.05) is 0 Å². The van der Waals surface area contributed by atoms with E-state index in [-0.39, 0.29) is 0 Å². The van der Waals surface area contributed by atoms with Gasteiger partial charge in [-0.3, -0.25) is 0 Å². The number of allylic oxidation sites excluding steroid dienone is 1. The van der Waals surface area contributed by atoms with Crippen LogP contribution in [0.25, 0.3) is 0 Å². The van der Waals surface area contributed by atoms with Crippen molar-refractivity contribution in [2.24, 2.45) is 0 Å². The standard InChI is InChI=1S/C14H28OSi/c1-10(2)16(11(3)4,12(5)6)14(8)13(7)9-15/h10-12,14H,1-8H3. The number of hydrogen-bond donors (Lipinski definition) is 0. The molecule has 0 bridgehead atoms. The van der Waals surface area contributed by atoms with Crippen molar-refractivity contribution in [1.29, 1.82) is 0 Å². The van der Waals surface area contributed by atoms with Crippen LogP contribution in [-0.4, -0.2) is 14.0 Å². The Balaban J connectivity index is 5.62. The molecular formula is C14H28OSi. The predicted octanol–water partition coefficient (Wildman–Crippen LogP) is 4.83. The van der Waals surface area contributed by atoms with E-state index in [2.05, 4.69) is 54.4 Å². The lowest BCUT2D eigenvalue weighted by Crippen LogP contribution is -2.48. The summed E-state index contributed by atoms with van der Waals surface area (Å²) in [6, 6.07) is 0. The minimum atomic E-state index is -1.51. The summed E-state index contributed by atoms with van der Waals surface area (Å²) in [5, 5.41) is 0. The predicted molar refractivity (Wildman–Crippen MR) is 75.4 cm³/mol. The second-order valence-corrected chi connectivity index (χ2v) is 12.3. The van der Waals surface area contributed by atoms with Crippen molar-refractivity contribution in [3.05, 3.63) is 5.57 Å². The maximum Gasteiger partial charge on any atom is 0.123 e. The molecular weight excluding hydrogens is 212 g/mol. The van der Waals surface area contributed by atoms with Gasteiger partial charge in [0.15, 0.2) is 0 Å². The van der Waals surface area contributed by atoms with Gasteiger partial charge >= 0.3 is 0 Å². The molecule has 0 saturated heterocycles. The van der Waals surface area contributed by atoms with Crippen LogP contribution in [0.15, 0.2) is 5.57 Å². The second kappa shape index (κ2) is 5.84. The maximum atomic E-state index is 10.9. The molecule has 0 amide bonds. The molecule has 0 aromatic rings. The molecule has 0 aliphatic rings. The fourth-order valence-electron chi connectivity index (χ4n) is 3.96. The number of carbonyl (C=O) groups excluding carboxylic acids is 1. The molecule has 2 heteroatoms. The van der Waals surface area contributed by atoms with E-state index in [4.69, 9.17) is 0 Å². The first-order valence-electron chi connectivity index (χ1n) is 6.44. The minimum absolute atomic E-state index is 0.435. The molecule has 0 aliphatic heterocycles. The van der Waals surface area contributed by atoms with Gasteiger partial charge in [0.05, 0.1) is 8.07 Å². The van der Waals surface area contributed by atoms with Crippen LogP contribution in [0, 0.1) is 0 Å². The molecule has 0 aliphatic carbocycles. The van der Waals surface area contributed by atoms with Crippen molar-refractivity contribution in [3.8, 4) is 0 Å². The van der Waals surface area contributed by atoms with Gasteiger partial charge in [0, 0.05) is 5.57 Å². The zero-order chi connectivity index (χ0) is 13.1. The maximum absolute atomic E-state index is 10.9. The molecule has 0 fully saturated rings. The zero-order valence-electron chi connectivity index (χ0n) is 12.2. The Bertz CT molecular complexity index is 251. The Kier molecular flexibility index (Phi) is 5.71. The molecule has 0 spiro atoms. The van der Waals surface area contributed by atoms with E-state index < -0.39 is 8.07 Å². The first-order valence-corrected chi connectivity index (χ1v) is 8.75. The van der Waals surface area contributed by atoms with E-state index in [9.17, 15) is 4.79 Å². The van der Waals surface area contributed by atoms with E-state index in [1.807, 2.05) is 6.92 Å². The van der Waals surface area contributed by atoms with E-state index in [0.29, 0.717) is 22.2 Å². The summed E-state index contributed by atoms with van der Waals surface area (Å²) < 4.78 is 0. The van der Waals surface area contributed by atoms with Gasteiger partial charge < -0.3 is 0 Å². The molecule has 1 atom stereocenters. The summed E-state index contributed by atoms with van der Waals surface area (Å²) in [6.07, 6.45) is 0. The van der Waals surface area contributed by atoms with Crippen molar-refractivity contribution in [3.63, 3.8) is 0 Å². The Labute approximate surface area is 102 Å². The van der Waals surface area contributed by atoms with Gasteiger partial charge in [0.2, 0.25) is 0 Å². The summed E-state index contributed by atoms with van der Waals surface area (Å²) in [5.41, 5.74) is 3.45. The van der Waals surface area contributed by atoms with Crippen LogP contribution in [0.5, 0.6) is 0 Å². The van der Waals surface area contributed by atoms with Crippen molar-refractivity contribution >= 4 is 14.0 Å². The van der Waals surface area contributed by atoms with Crippen LogP contribution in [0.3, 0.4) is 0 Å². The lowest BCUT2D eigenvalue weighted by atomic mass is 10.3. The highest BCUT2D eigenvalue weighted by Gasteiger charge is 2.47. The highest BCUT2D eigenvalue weighted by atomic mass is 28.3. The van der Waals surface area contributed by atoms with Gasteiger partial charge in [0.25, 0.3) is 0 Å². The molecule has 0 N–H and O–H groups in total.